The zero-order chi connectivity index (χ0) is 17.6. The van der Waals surface area contributed by atoms with Crippen LogP contribution >= 0.6 is 0 Å². The first-order valence-electron chi connectivity index (χ1n) is 8.89. The molecule has 0 radical (unpaired) electrons. The molecule has 2 aromatic heterocycles. The summed E-state index contributed by atoms with van der Waals surface area (Å²) < 4.78 is 1.84. The highest BCUT2D eigenvalue weighted by atomic mass is 16.2. The van der Waals surface area contributed by atoms with Crippen LogP contribution in [0, 0.1) is 20.8 Å². The van der Waals surface area contributed by atoms with Gasteiger partial charge < -0.3 is 9.88 Å². The smallest absolute Gasteiger partial charge is 0.244 e. The Bertz CT molecular complexity index is 932. The number of carbonyl (C=O) groups is 1. The van der Waals surface area contributed by atoms with E-state index in [1.807, 2.05) is 29.6 Å². The van der Waals surface area contributed by atoms with Crippen LogP contribution in [0.5, 0.6) is 0 Å². The van der Waals surface area contributed by atoms with E-state index in [0.29, 0.717) is 19.1 Å². The number of aryl methyl sites for hydroxylation is 1. The van der Waals surface area contributed by atoms with E-state index in [1.165, 1.54) is 16.5 Å². The molecule has 5 nitrogen and oxygen atoms in total. The number of hydrogen-bond donors (Lipinski definition) is 1. The molecule has 1 saturated carbocycles. The minimum atomic E-state index is 0.155. The molecular formula is C20H24N4O. The molecule has 4 rings (SSSR count). The zero-order valence-electron chi connectivity index (χ0n) is 15.0. The summed E-state index contributed by atoms with van der Waals surface area (Å²) in [4.78, 5) is 18.2. The second-order valence-corrected chi connectivity index (χ2v) is 7.11. The number of carbonyl (C=O) groups excluding carboxylic acids is 1. The second-order valence-electron chi connectivity index (χ2n) is 7.11. The van der Waals surface area contributed by atoms with Crippen molar-refractivity contribution in [3.05, 3.63) is 53.0 Å². The number of benzene rings is 1. The van der Waals surface area contributed by atoms with Gasteiger partial charge >= 0.3 is 0 Å². The summed E-state index contributed by atoms with van der Waals surface area (Å²) in [5.74, 6) is 0.155. The van der Waals surface area contributed by atoms with Crippen LogP contribution in [0.25, 0.3) is 10.9 Å². The van der Waals surface area contributed by atoms with E-state index in [1.54, 1.807) is 0 Å². The Morgan fingerprint density at radius 1 is 1.28 bits per heavy atom. The van der Waals surface area contributed by atoms with E-state index in [2.05, 4.69) is 41.3 Å². The zero-order valence-corrected chi connectivity index (χ0v) is 15.0. The summed E-state index contributed by atoms with van der Waals surface area (Å²) >= 11 is 0. The molecule has 0 bridgehead atoms. The maximum absolute atomic E-state index is 12.9. The van der Waals surface area contributed by atoms with Gasteiger partial charge in [-0.25, -0.2) is 0 Å². The Morgan fingerprint density at radius 3 is 2.76 bits per heavy atom. The number of nitrogens with zero attached hydrogens (tertiary/aromatic N) is 3. The highest BCUT2D eigenvalue weighted by Gasteiger charge is 2.32. The predicted molar refractivity (Wildman–Crippen MR) is 98.3 cm³/mol. The van der Waals surface area contributed by atoms with E-state index in [0.717, 1.165) is 29.7 Å². The Morgan fingerprint density at radius 2 is 2.08 bits per heavy atom. The number of hydrogen-bond acceptors (Lipinski definition) is 2. The van der Waals surface area contributed by atoms with Gasteiger partial charge in [-0.05, 0) is 68.3 Å². The lowest BCUT2D eigenvalue weighted by atomic mass is 10.1. The summed E-state index contributed by atoms with van der Waals surface area (Å²) in [5.41, 5.74) is 5.56. The van der Waals surface area contributed by atoms with Crippen LogP contribution in [0.1, 0.15) is 35.4 Å². The maximum Gasteiger partial charge on any atom is 0.244 e. The first kappa shape index (κ1) is 15.9. The van der Waals surface area contributed by atoms with Crippen LogP contribution in [0.15, 0.2) is 30.5 Å². The van der Waals surface area contributed by atoms with Crippen molar-refractivity contribution in [2.75, 3.05) is 0 Å². The van der Waals surface area contributed by atoms with Crippen LogP contribution in [0.3, 0.4) is 0 Å². The summed E-state index contributed by atoms with van der Waals surface area (Å²) in [7, 11) is 0. The molecule has 1 amide bonds. The Kier molecular flexibility index (Phi) is 3.86. The third-order valence-corrected chi connectivity index (χ3v) is 5.31. The molecule has 0 atom stereocenters. The monoisotopic (exact) mass is 336 g/mol. The molecule has 1 aliphatic carbocycles. The van der Waals surface area contributed by atoms with E-state index in [4.69, 9.17) is 0 Å². The average Bonchev–Trinajstić information content (AvgIpc) is 3.28. The van der Waals surface area contributed by atoms with Crippen LogP contribution in [0.2, 0.25) is 0 Å². The fourth-order valence-electron chi connectivity index (χ4n) is 3.36. The molecule has 0 saturated heterocycles. The minimum Gasteiger partial charge on any atom is -0.361 e. The SMILES string of the molecule is Cc1nn(CC(=O)N(Cc2ccc3[nH]ccc3c2)C2CC2)c(C)c1C. The molecule has 0 spiro atoms. The van der Waals surface area contributed by atoms with Gasteiger partial charge in [-0.2, -0.15) is 5.10 Å². The van der Waals surface area contributed by atoms with Crippen LogP contribution < -0.4 is 0 Å². The standard InChI is InChI=1S/C20H24N4O/c1-13-14(2)22-24(15(13)3)12-20(25)23(18-5-6-18)11-16-4-7-19-17(10-16)8-9-21-19/h4,7-10,18,21H,5-6,11-12H2,1-3H3. The van der Waals surface area contributed by atoms with Crippen LogP contribution in [-0.4, -0.2) is 31.6 Å². The van der Waals surface area contributed by atoms with Gasteiger partial charge in [0.2, 0.25) is 5.91 Å². The highest BCUT2D eigenvalue weighted by Crippen LogP contribution is 2.29. The number of nitrogens with one attached hydrogen (secondary N) is 1. The normalized spacial score (nSPS) is 14.2. The molecule has 1 fully saturated rings. The van der Waals surface area contributed by atoms with Crippen molar-refractivity contribution in [1.29, 1.82) is 0 Å². The first-order valence-corrected chi connectivity index (χ1v) is 8.89. The number of aromatic nitrogens is 3. The Labute approximate surface area is 147 Å². The van der Waals surface area contributed by atoms with E-state index in [9.17, 15) is 4.79 Å². The van der Waals surface area contributed by atoms with Gasteiger partial charge in [0.05, 0.1) is 5.69 Å². The van der Waals surface area contributed by atoms with Gasteiger partial charge in [0, 0.05) is 30.0 Å². The molecule has 2 heterocycles. The quantitative estimate of drug-likeness (QED) is 0.775. The van der Waals surface area contributed by atoms with Crippen molar-refractivity contribution in [2.45, 2.75) is 52.7 Å². The molecule has 3 aromatic rings. The maximum atomic E-state index is 12.9. The van der Waals surface area contributed by atoms with E-state index < -0.39 is 0 Å². The summed E-state index contributed by atoms with van der Waals surface area (Å²) in [5, 5.41) is 5.71. The van der Waals surface area contributed by atoms with Crippen molar-refractivity contribution < 1.29 is 4.79 Å². The highest BCUT2D eigenvalue weighted by molar-refractivity contribution is 5.80. The van der Waals surface area contributed by atoms with Gasteiger partial charge in [0.1, 0.15) is 6.54 Å². The lowest BCUT2D eigenvalue weighted by Gasteiger charge is -2.23. The van der Waals surface area contributed by atoms with Gasteiger partial charge in [-0.15, -0.1) is 0 Å². The molecule has 5 heteroatoms. The molecule has 1 aromatic carbocycles. The first-order chi connectivity index (χ1) is 12.0. The molecule has 130 valence electrons. The van der Waals surface area contributed by atoms with E-state index in [-0.39, 0.29) is 5.91 Å². The third kappa shape index (κ3) is 3.06. The Balaban J connectivity index is 1.54. The number of H-pyrrole nitrogens is 1. The third-order valence-electron chi connectivity index (χ3n) is 5.31. The molecule has 1 aliphatic rings. The Hall–Kier alpha value is -2.56. The number of aromatic amines is 1. The molecular weight excluding hydrogens is 312 g/mol. The topological polar surface area (TPSA) is 53.9 Å². The average molecular weight is 336 g/mol. The summed E-state index contributed by atoms with van der Waals surface area (Å²) in [6, 6.07) is 8.81. The lowest BCUT2D eigenvalue weighted by Crippen LogP contribution is -2.35. The minimum absolute atomic E-state index is 0.155. The number of fused-ring (bicyclic) bond motifs is 1. The van der Waals surface area contributed by atoms with Crippen molar-refractivity contribution in [1.82, 2.24) is 19.7 Å². The van der Waals surface area contributed by atoms with Crippen LogP contribution in [-0.2, 0) is 17.9 Å². The van der Waals surface area contributed by atoms with Crippen molar-refractivity contribution >= 4 is 16.8 Å². The molecule has 0 aliphatic heterocycles. The van der Waals surface area contributed by atoms with Gasteiger partial charge in [0.25, 0.3) is 0 Å². The molecule has 25 heavy (non-hydrogen) atoms. The number of amides is 1. The predicted octanol–water partition coefficient (Wildman–Crippen LogP) is 3.48. The fraction of sp³-hybridized carbons (Fsp3) is 0.400. The van der Waals surface area contributed by atoms with Gasteiger partial charge in [0.15, 0.2) is 0 Å². The van der Waals surface area contributed by atoms with Crippen LogP contribution in [0.4, 0.5) is 0 Å². The van der Waals surface area contributed by atoms with Gasteiger partial charge in [-0.1, -0.05) is 6.07 Å². The number of rotatable bonds is 5. The molecule has 1 N–H and O–H groups in total. The van der Waals surface area contributed by atoms with E-state index >= 15 is 0 Å². The van der Waals surface area contributed by atoms with Crippen molar-refractivity contribution in [3.8, 4) is 0 Å². The molecule has 0 unspecified atom stereocenters. The van der Waals surface area contributed by atoms with Crippen molar-refractivity contribution in [3.63, 3.8) is 0 Å². The fourth-order valence-corrected chi connectivity index (χ4v) is 3.36. The lowest BCUT2D eigenvalue weighted by molar-refractivity contribution is -0.133. The summed E-state index contributed by atoms with van der Waals surface area (Å²) in [6.45, 7) is 7.08. The second kappa shape index (κ2) is 6.06. The summed E-state index contributed by atoms with van der Waals surface area (Å²) in [6.07, 6.45) is 4.16. The van der Waals surface area contributed by atoms with Gasteiger partial charge in [-0.3, -0.25) is 9.48 Å². The largest absolute Gasteiger partial charge is 0.361 e. The van der Waals surface area contributed by atoms with Crippen molar-refractivity contribution in [2.24, 2.45) is 0 Å².